The van der Waals surface area contributed by atoms with E-state index >= 15 is 0 Å². The third-order valence-electron chi connectivity index (χ3n) is 5.39. The summed E-state index contributed by atoms with van der Waals surface area (Å²) < 4.78 is 0. The standard InChI is InChI=1S/C14H26O4Si/c1-10(19(16,17)18)11-2-4-12(5-3-11)13-6-8-14(15)9-7-13/h10-13,16-18H,2-9H2,1H3. The predicted octanol–water partition coefficient (Wildman–Crippen LogP) is 1.86. The van der Waals surface area contributed by atoms with E-state index in [0.717, 1.165) is 51.4 Å². The van der Waals surface area contributed by atoms with Crippen LogP contribution in [-0.2, 0) is 4.79 Å². The van der Waals surface area contributed by atoms with Crippen LogP contribution in [0, 0.1) is 17.8 Å². The van der Waals surface area contributed by atoms with Gasteiger partial charge in [0.2, 0.25) is 0 Å². The Balaban J connectivity index is 1.81. The van der Waals surface area contributed by atoms with Crippen LogP contribution in [0.4, 0.5) is 0 Å². The quantitative estimate of drug-likeness (QED) is 0.692. The van der Waals surface area contributed by atoms with E-state index in [9.17, 15) is 19.2 Å². The normalized spacial score (nSPS) is 32.3. The number of hydrogen-bond acceptors (Lipinski definition) is 4. The minimum Gasteiger partial charge on any atom is -0.390 e. The van der Waals surface area contributed by atoms with Crippen LogP contribution in [-0.4, -0.2) is 29.0 Å². The number of carbonyl (C=O) groups is 1. The summed E-state index contributed by atoms with van der Waals surface area (Å²) in [5.74, 6) is 2.04. The van der Waals surface area contributed by atoms with E-state index in [2.05, 4.69) is 0 Å². The maximum absolute atomic E-state index is 11.3. The topological polar surface area (TPSA) is 77.8 Å². The van der Waals surface area contributed by atoms with Crippen molar-refractivity contribution in [2.45, 2.75) is 63.8 Å². The maximum atomic E-state index is 11.3. The van der Waals surface area contributed by atoms with Gasteiger partial charge in [-0.2, -0.15) is 0 Å². The van der Waals surface area contributed by atoms with Gasteiger partial charge < -0.3 is 14.4 Å². The Hall–Kier alpha value is -0.233. The Morgan fingerprint density at radius 2 is 1.42 bits per heavy atom. The van der Waals surface area contributed by atoms with Crippen molar-refractivity contribution in [3.8, 4) is 0 Å². The van der Waals surface area contributed by atoms with Gasteiger partial charge in [-0.25, -0.2) is 0 Å². The minimum atomic E-state index is -3.96. The molecule has 2 fully saturated rings. The van der Waals surface area contributed by atoms with Gasteiger partial charge in [-0.1, -0.05) is 6.92 Å². The Kier molecular flexibility index (Phi) is 4.82. The first-order chi connectivity index (χ1) is 8.88. The molecule has 2 saturated carbocycles. The summed E-state index contributed by atoms with van der Waals surface area (Å²) in [4.78, 5) is 39.4. The largest absolute Gasteiger partial charge is 0.496 e. The SMILES string of the molecule is CC(C1CCC(C2CCC(=O)CC2)CC1)[Si](O)(O)O. The molecule has 19 heavy (non-hydrogen) atoms. The van der Waals surface area contributed by atoms with Crippen LogP contribution in [0.1, 0.15) is 58.3 Å². The lowest BCUT2D eigenvalue weighted by Crippen LogP contribution is -2.43. The second-order valence-corrected chi connectivity index (χ2v) is 8.81. The zero-order valence-corrected chi connectivity index (χ0v) is 12.7. The van der Waals surface area contributed by atoms with Crippen LogP contribution in [0.5, 0.6) is 0 Å². The van der Waals surface area contributed by atoms with Gasteiger partial charge in [0.25, 0.3) is 0 Å². The molecule has 4 nitrogen and oxygen atoms in total. The maximum Gasteiger partial charge on any atom is 0.496 e. The fraction of sp³-hybridized carbons (Fsp3) is 0.929. The zero-order valence-electron chi connectivity index (χ0n) is 11.7. The first kappa shape index (κ1) is 15.2. The van der Waals surface area contributed by atoms with Crippen LogP contribution >= 0.6 is 0 Å². The summed E-state index contributed by atoms with van der Waals surface area (Å²) in [6.07, 6.45) is 7.77. The average Bonchev–Trinajstić information content (AvgIpc) is 2.38. The molecule has 0 heterocycles. The molecular formula is C14H26O4Si. The molecule has 2 aliphatic carbocycles. The smallest absolute Gasteiger partial charge is 0.390 e. The highest BCUT2D eigenvalue weighted by Crippen LogP contribution is 2.43. The number of rotatable bonds is 3. The van der Waals surface area contributed by atoms with Crippen molar-refractivity contribution in [1.29, 1.82) is 0 Å². The van der Waals surface area contributed by atoms with Crippen molar-refractivity contribution in [3.05, 3.63) is 0 Å². The van der Waals surface area contributed by atoms with Crippen LogP contribution in [0.25, 0.3) is 0 Å². The first-order valence-electron chi connectivity index (χ1n) is 7.56. The molecule has 0 aromatic rings. The van der Waals surface area contributed by atoms with Gasteiger partial charge in [0, 0.05) is 18.4 Å². The Labute approximate surface area is 116 Å². The summed E-state index contributed by atoms with van der Waals surface area (Å²) >= 11 is 0. The lowest BCUT2D eigenvalue weighted by molar-refractivity contribution is -0.121. The molecule has 110 valence electrons. The van der Waals surface area contributed by atoms with Crippen molar-refractivity contribution in [3.63, 3.8) is 0 Å². The zero-order chi connectivity index (χ0) is 14.0. The van der Waals surface area contributed by atoms with Gasteiger partial charge in [-0.15, -0.1) is 0 Å². The van der Waals surface area contributed by atoms with Crippen LogP contribution in [0.2, 0.25) is 5.54 Å². The van der Waals surface area contributed by atoms with E-state index in [4.69, 9.17) is 0 Å². The highest BCUT2D eigenvalue weighted by molar-refractivity contribution is 6.57. The van der Waals surface area contributed by atoms with Crippen LogP contribution in [0.3, 0.4) is 0 Å². The number of ketones is 1. The molecule has 5 heteroatoms. The summed E-state index contributed by atoms with van der Waals surface area (Å²) in [5, 5.41) is 0. The third kappa shape index (κ3) is 3.87. The number of hydrogen-bond donors (Lipinski definition) is 3. The molecule has 1 atom stereocenters. The van der Waals surface area contributed by atoms with Gasteiger partial charge in [0.1, 0.15) is 5.78 Å². The van der Waals surface area contributed by atoms with Crippen molar-refractivity contribution < 1.29 is 19.2 Å². The number of carbonyl (C=O) groups excluding carboxylic acids is 1. The first-order valence-corrected chi connectivity index (χ1v) is 9.48. The van der Waals surface area contributed by atoms with E-state index in [-0.39, 0.29) is 11.5 Å². The highest BCUT2D eigenvalue weighted by Gasteiger charge is 2.42. The molecule has 2 aliphatic rings. The molecule has 0 bridgehead atoms. The minimum absolute atomic E-state index is 0.244. The molecule has 0 radical (unpaired) electrons. The van der Waals surface area contributed by atoms with E-state index in [1.807, 2.05) is 0 Å². The number of Topliss-reactive ketones (excluding diaryl/α,β-unsaturated/α-hetero) is 1. The monoisotopic (exact) mass is 286 g/mol. The average molecular weight is 286 g/mol. The fourth-order valence-electron chi connectivity index (χ4n) is 3.87. The van der Waals surface area contributed by atoms with Gasteiger partial charge in [0.05, 0.1) is 0 Å². The summed E-state index contributed by atoms with van der Waals surface area (Å²) in [6.45, 7) is 1.76. The molecule has 0 amide bonds. The van der Waals surface area contributed by atoms with Crippen molar-refractivity contribution in [1.82, 2.24) is 0 Å². The van der Waals surface area contributed by atoms with Crippen molar-refractivity contribution in [2.75, 3.05) is 0 Å². The summed E-state index contributed by atoms with van der Waals surface area (Å²) in [6, 6.07) is 0. The fourth-order valence-corrected chi connectivity index (χ4v) is 4.83. The third-order valence-corrected chi connectivity index (χ3v) is 7.08. The van der Waals surface area contributed by atoms with Crippen molar-refractivity contribution in [2.24, 2.45) is 17.8 Å². The second kappa shape index (κ2) is 6.04. The summed E-state index contributed by atoms with van der Waals surface area (Å²) in [5.41, 5.74) is -0.360. The van der Waals surface area contributed by atoms with Gasteiger partial charge in [-0.05, 0) is 56.3 Å². The Morgan fingerprint density at radius 1 is 0.947 bits per heavy atom. The Bertz CT molecular complexity index is 308. The lowest BCUT2D eigenvalue weighted by Gasteiger charge is -2.38. The highest BCUT2D eigenvalue weighted by atomic mass is 28.4. The van der Waals surface area contributed by atoms with Crippen LogP contribution in [0.15, 0.2) is 0 Å². The van der Waals surface area contributed by atoms with Gasteiger partial charge >= 0.3 is 8.80 Å². The Morgan fingerprint density at radius 3 is 1.89 bits per heavy atom. The van der Waals surface area contributed by atoms with Gasteiger partial charge in [0.15, 0.2) is 0 Å². The van der Waals surface area contributed by atoms with Gasteiger partial charge in [-0.3, -0.25) is 4.79 Å². The van der Waals surface area contributed by atoms with Crippen molar-refractivity contribution >= 4 is 14.6 Å². The molecule has 0 aromatic heterocycles. The molecule has 0 spiro atoms. The second-order valence-electron chi connectivity index (χ2n) is 6.53. The molecule has 0 saturated heterocycles. The van der Waals surface area contributed by atoms with E-state index in [0.29, 0.717) is 17.6 Å². The molecule has 3 N–H and O–H groups in total. The molecule has 2 rings (SSSR count). The van der Waals surface area contributed by atoms with Crippen LogP contribution < -0.4 is 0 Å². The predicted molar refractivity (Wildman–Crippen MR) is 74.2 cm³/mol. The summed E-state index contributed by atoms with van der Waals surface area (Å²) in [7, 11) is -3.96. The molecule has 0 aliphatic heterocycles. The van der Waals surface area contributed by atoms with E-state index in [1.54, 1.807) is 6.92 Å². The molecule has 1 unspecified atom stereocenters. The molecular weight excluding hydrogens is 260 g/mol. The lowest BCUT2D eigenvalue weighted by atomic mass is 9.70. The van der Waals surface area contributed by atoms with E-state index < -0.39 is 8.80 Å². The van der Waals surface area contributed by atoms with E-state index in [1.165, 1.54) is 0 Å². The molecule has 0 aromatic carbocycles.